The van der Waals surface area contributed by atoms with Gasteiger partial charge in [0.25, 0.3) is 0 Å². The number of aromatic nitrogens is 1. The zero-order chi connectivity index (χ0) is 18.7. The van der Waals surface area contributed by atoms with Crippen LogP contribution in [-0.4, -0.2) is 29.0 Å². The molecule has 1 fully saturated rings. The number of allylic oxidation sites excluding steroid dienone is 2. The van der Waals surface area contributed by atoms with Gasteiger partial charge in [-0.2, -0.15) is 0 Å². The zero-order valence-electron chi connectivity index (χ0n) is 14.8. The molecule has 1 unspecified atom stereocenters. The first-order valence-electron chi connectivity index (χ1n) is 9.02. The lowest BCUT2D eigenvalue weighted by Gasteiger charge is -2.46. The minimum atomic E-state index is -1.07. The Labute approximate surface area is 158 Å². The summed E-state index contributed by atoms with van der Waals surface area (Å²) in [6.07, 6.45) is 11.0. The summed E-state index contributed by atoms with van der Waals surface area (Å²) in [5.74, 6) is -0.390. The molecule has 0 saturated carbocycles. The van der Waals surface area contributed by atoms with Crippen molar-refractivity contribution in [1.82, 2.24) is 4.98 Å². The van der Waals surface area contributed by atoms with Crippen molar-refractivity contribution in [1.29, 1.82) is 0 Å². The largest absolute Gasteiger partial charge is 0.347 e. The van der Waals surface area contributed by atoms with Crippen LogP contribution in [0.15, 0.2) is 79.2 Å². The van der Waals surface area contributed by atoms with Crippen LogP contribution in [0.1, 0.15) is 12.0 Å². The van der Waals surface area contributed by atoms with E-state index in [1.165, 1.54) is 17.7 Å². The Morgan fingerprint density at radius 3 is 2.56 bits per heavy atom. The first-order valence-corrected chi connectivity index (χ1v) is 9.02. The maximum atomic E-state index is 13.4. The van der Waals surface area contributed by atoms with E-state index in [2.05, 4.69) is 17.1 Å². The van der Waals surface area contributed by atoms with Crippen molar-refractivity contribution in [3.05, 3.63) is 84.7 Å². The molecule has 136 valence electrons. The van der Waals surface area contributed by atoms with Crippen LogP contribution in [0.5, 0.6) is 0 Å². The number of ketones is 1. The SMILES string of the molecule is O=C1C=CC2(C=C1)OCC(CCc1ccccc1)C(=O)N2c1cccnc1. The fourth-order valence-electron chi connectivity index (χ4n) is 3.49. The highest BCUT2D eigenvalue weighted by molar-refractivity contribution is 6.03. The Morgan fingerprint density at radius 2 is 1.85 bits per heavy atom. The van der Waals surface area contributed by atoms with Gasteiger partial charge in [0.2, 0.25) is 5.91 Å². The molecular formula is C22H20N2O3. The summed E-state index contributed by atoms with van der Waals surface area (Å²) in [6.45, 7) is 0.311. The number of hydrogen-bond acceptors (Lipinski definition) is 4. The van der Waals surface area contributed by atoms with E-state index in [0.717, 1.165) is 6.42 Å². The highest BCUT2D eigenvalue weighted by Gasteiger charge is 2.46. The number of hydrogen-bond donors (Lipinski definition) is 0. The molecule has 2 aliphatic rings. The van der Waals surface area contributed by atoms with Crippen LogP contribution in [-0.2, 0) is 20.7 Å². The molecule has 1 amide bonds. The number of carbonyl (C=O) groups is 2. The Balaban J connectivity index is 1.61. The van der Waals surface area contributed by atoms with Crippen molar-refractivity contribution in [3.63, 3.8) is 0 Å². The van der Waals surface area contributed by atoms with Gasteiger partial charge in [0, 0.05) is 6.20 Å². The van der Waals surface area contributed by atoms with E-state index < -0.39 is 5.72 Å². The predicted octanol–water partition coefficient (Wildman–Crippen LogP) is 3.09. The Kier molecular flexibility index (Phi) is 4.69. The number of benzene rings is 1. The second-order valence-electron chi connectivity index (χ2n) is 6.74. The van der Waals surface area contributed by atoms with Crippen LogP contribution in [0.25, 0.3) is 0 Å². The fourth-order valence-corrected chi connectivity index (χ4v) is 3.49. The number of nitrogens with zero attached hydrogens (tertiary/aromatic N) is 2. The van der Waals surface area contributed by atoms with Gasteiger partial charge in [0.1, 0.15) is 0 Å². The summed E-state index contributed by atoms with van der Waals surface area (Å²) >= 11 is 0. The number of pyridine rings is 1. The van der Waals surface area contributed by atoms with E-state index in [0.29, 0.717) is 18.7 Å². The molecule has 4 rings (SSSR count). The molecule has 1 aromatic heterocycles. The van der Waals surface area contributed by atoms with Gasteiger partial charge in [0.15, 0.2) is 11.5 Å². The van der Waals surface area contributed by atoms with Crippen LogP contribution in [0.4, 0.5) is 5.69 Å². The van der Waals surface area contributed by atoms with Crippen molar-refractivity contribution in [3.8, 4) is 0 Å². The second kappa shape index (κ2) is 7.29. The third-order valence-electron chi connectivity index (χ3n) is 4.94. The molecule has 2 heterocycles. The number of anilines is 1. The number of amides is 1. The summed E-state index contributed by atoms with van der Waals surface area (Å²) in [6, 6.07) is 13.7. The van der Waals surface area contributed by atoms with Crippen molar-refractivity contribution in [2.75, 3.05) is 11.5 Å². The quantitative estimate of drug-likeness (QED) is 0.841. The summed E-state index contributed by atoms with van der Waals surface area (Å²) < 4.78 is 6.14. The van der Waals surface area contributed by atoms with Crippen molar-refractivity contribution >= 4 is 17.4 Å². The minimum absolute atomic E-state index is 0.0196. The molecule has 1 aromatic carbocycles. The topological polar surface area (TPSA) is 59.5 Å². The van der Waals surface area contributed by atoms with Crippen LogP contribution in [0, 0.1) is 5.92 Å². The van der Waals surface area contributed by atoms with Gasteiger partial charge in [0.05, 0.1) is 24.4 Å². The van der Waals surface area contributed by atoms with Gasteiger partial charge in [-0.3, -0.25) is 19.5 Å². The molecule has 0 radical (unpaired) electrons. The molecular weight excluding hydrogens is 340 g/mol. The molecule has 1 aliphatic carbocycles. The van der Waals surface area contributed by atoms with Gasteiger partial charge >= 0.3 is 0 Å². The molecule has 0 N–H and O–H groups in total. The molecule has 5 heteroatoms. The molecule has 27 heavy (non-hydrogen) atoms. The highest BCUT2D eigenvalue weighted by Crippen LogP contribution is 2.36. The van der Waals surface area contributed by atoms with E-state index >= 15 is 0 Å². The highest BCUT2D eigenvalue weighted by atomic mass is 16.5. The Morgan fingerprint density at radius 1 is 1.07 bits per heavy atom. The molecule has 1 atom stereocenters. The lowest BCUT2D eigenvalue weighted by atomic mass is 9.93. The Bertz CT molecular complexity index is 874. The van der Waals surface area contributed by atoms with E-state index in [1.807, 2.05) is 24.3 Å². The first-order chi connectivity index (χ1) is 13.2. The molecule has 5 nitrogen and oxygen atoms in total. The molecule has 2 aromatic rings. The summed E-state index contributed by atoms with van der Waals surface area (Å²) in [5.41, 5.74) is 0.772. The van der Waals surface area contributed by atoms with Gasteiger partial charge in [-0.05, 0) is 54.8 Å². The molecule has 0 bridgehead atoms. The number of aryl methyl sites for hydroxylation is 1. The standard InChI is InChI=1S/C22H20N2O3/c25-20-10-12-22(13-11-20)24(19-7-4-14-23-15-19)21(26)18(16-27-22)9-8-17-5-2-1-3-6-17/h1-7,10-15,18H,8-9,16H2. The average Bonchev–Trinajstić information content (AvgIpc) is 2.71. The first kappa shape index (κ1) is 17.4. The zero-order valence-corrected chi connectivity index (χ0v) is 14.8. The van der Waals surface area contributed by atoms with Gasteiger partial charge in [-0.15, -0.1) is 0 Å². The van der Waals surface area contributed by atoms with Crippen molar-refractivity contribution in [2.24, 2.45) is 5.92 Å². The van der Waals surface area contributed by atoms with Crippen molar-refractivity contribution in [2.45, 2.75) is 18.6 Å². The van der Waals surface area contributed by atoms with Gasteiger partial charge in [-0.1, -0.05) is 30.3 Å². The third kappa shape index (κ3) is 3.46. The molecule has 1 saturated heterocycles. The Hall–Kier alpha value is -3.05. The van der Waals surface area contributed by atoms with E-state index in [4.69, 9.17) is 4.74 Å². The lowest BCUT2D eigenvalue weighted by Crippen LogP contribution is -2.59. The average molecular weight is 360 g/mol. The van der Waals surface area contributed by atoms with E-state index in [-0.39, 0.29) is 17.6 Å². The van der Waals surface area contributed by atoms with Gasteiger partial charge in [-0.25, -0.2) is 0 Å². The fraction of sp³-hybridized carbons (Fsp3) is 0.227. The van der Waals surface area contributed by atoms with Crippen LogP contribution in [0.3, 0.4) is 0 Å². The second-order valence-corrected chi connectivity index (χ2v) is 6.74. The minimum Gasteiger partial charge on any atom is -0.347 e. The smallest absolute Gasteiger partial charge is 0.235 e. The van der Waals surface area contributed by atoms with Crippen LogP contribution >= 0.6 is 0 Å². The maximum absolute atomic E-state index is 13.4. The van der Waals surface area contributed by atoms with Crippen molar-refractivity contribution < 1.29 is 14.3 Å². The summed E-state index contributed by atoms with van der Waals surface area (Å²) in [4.78, 5) is 30.7. The molecule has 1 aliphatic heterocycles. The number of carbonyl (C=O) groups excluding carboxylic acids is 2. The number of ether oxygens (including phenoxy) is 1. The predicted molar refractivity (Wildman–Crippen MR) is 102 cm³/mol. The molecule has 1 spiro atoms. The summed E-state index contributed by atoms with van der Waals surface area (Å²) in [5, 5.41) is 0. The van der Waals surface area contributed by atoms with Crippen LogP contribution < -0.4 is 4.90 Å². The maximum Gasteiger partial charge on any atom is 0.235 e. The third-order valence-corrected chi connectivity index (χ3v) is 4.94. The van der Waals surface area contributed by atoms with Gasteiger partial charge < -0.3 is 4.74 Å². The van der Waals surface area contributed by atoms with Crippen LogP contribution in [0.2, 0.25) is 0 Å². The lowest BCUT2D eigenvalue weighted by molar-refractivity contribution is -0.138. The van der Waals surface area contributed by atoms with E-state index in [9.17, 15) is 9.59 Å². The summed E-state index contributed by atoms with van der Waals surface area (Å²) in [7, 11) is 0. The monoisotopic (exact) mass is 360 g/mol. The van der Waals surface area contributed by atoms with E-state index in [1.54, 1.807) is 35.5 Å². The number of rotatable bonds is 4. The normalized spacial score (nSPS) is 21.0.